The van der Waals surface area contributed by atoms with Gasteiger partial charge in [0.05, 0.1) is 5.56 Å². The van der Waals surface area contributed by atoms with Gasteiger partial charge < -0.3 is 10.6 Å². The summed E-state index contributed by atoms with van der Waals surface area (Å²) in [5, 5.41) is 6.24. The molecule has 1 amide bonds. The van der Waals surface area contributed by atoms with Gasteiger partial charge in [-0.05, 0) is 75.2 Å². The van der Waals surface area contributed by atoms with Crippen molar-refractivity contribution in [1.82, 2.24) is 10.6 Å². The number of carbonyl (C=O) groups is 1. The third-order valence-corrected chi connectivity index (χ3v) is 4.79. The molecular weight excluding hydrogens is 303 g/mol. The third kappa shape index (κ3) is 3.61. The fourth-order valence-corrected chi connectivity index (χ4v) is 3.26. The van der Waals surface area contributed by atoms with E-state index < -0.39 is 0 Å². The first-order chi connectivity index (χ1) is 10.1. The Hall–Kier alpha value is -1.13. The number of hydrogen-bond acceptors (Lipinski definition) is 2. The SMILES string of the molecule is Cc1cc(C2CCNCC2)cc(F)c1C(=O)NC1CCC1.Cl. The Morgan fingerprint density at radius 3 is 2.45 bits per heavy atom. The van der Waals surface area contributed by atoms with Crippen LogP contribution in [0.1, 0.15) is 59.5 Å². The van der Waals surface area contributed by atoms with E-state index in [4.69, 9.17) is 0 Å². The van der Waals surface area contributed by atoms with Crippen molar-refractivity contribution in [3.8, 4) is 0 Å². The van der Waals surface area contributed by atoms with Crippen LogP contribution >= 0.6 is 12.4 Å². The Kier molecular flexibility index (Phi) is 5.81. The topological polar surface area (TPSA) is 41.1 Å². The lowest BCUT2D eigenvalue weighted by Crippen LogP contribution is -2.40. The Bertz CT molecular complexity index is 516. The molecule has 1 heterocycles. The van der Waals surface area contributed by atoms with Gasteiger partial charge >= 0.3 is 0 Å². The van der Waals surface area contributed by atoms with Gasteiger partial charge in [0.1, 0.15) is 5.82 Å². The lowest BCUT2D eigenvalue weighted by molar-refractivity contribution is 0.0912. The van der Waals surface area contributed by atoms with Gasteiger partial charge in [0.25, 0.3) is 5.91 Å². The molecule has 0 spiro atoms. The van der Waals surface area contributed by atoms with Gasteiger partial charge in [-0.1, -0.05) is 6.07 Å². The number of halogens is 2. The predicted octanol–water partition coefficient (Wildman–Crippen LogP) is 3.31. The van der Waals surface area contributed by atoms with Crippen molar-refractivity contribution in [3.05, 3.63) is 34.6 Å². The second-order valence-electron chi connectivity index (χ2n) is 6.32. The Balaban J connectivity index is 0.00000176. The molecule has 0 unspecified atom stereocenters. The number of piperidine rings is 1. The van der Waals surface area contributed by atoms with Crippen LogP contribution < -0.4 is 10.6 Å². The standard InChI is InChI=1S/C17H23FN2O.ClH/c1-11-9-13(12-5-7-19-8-6-12)10-15(18)16(11)17(21)20-14-3-2-4-14;/h9-10,12,14,19H,2-8H2,1H3,(H,20,21);1H. The molecule has 1 saturated carbocycles. The van der Waals surface area contributed by atoms with Crippen molar-refractivity contribution in [2.45, 2.75) is 51.0 Å². The van der Waals surface area contributed by atoms with Crippen LogP contribution in [0.4, 0.5) is 4.39 Å². The number of benzene rings is 1. The third-order valence-electron chi connectivity index (χ3n) is 4.79. The van der Waals surface area contributed by atoms with E-state index in [1.807, 2.05) is 13.0 Å². The lowest BCUT2D eigenvalue weighted by atomic mass is 9.88. The number of amides is 1. The Morgan fingerprint density at radius 1 is 1.23 bits per heavy atom. The molecule has 2 fully saturated rings. The highest BCUT2D eigenvalue weighted by Gasteiger charge is 2.24. The van der Waals surface area contributed by atoms with Gasteiger partial charge in [0.2, 0.25) is 0 Å². The van der Waals surface area contributed by atoms with E-state index in [9.17, 15) is 9.18 Å². The minimum Gasteiger partial charge on any atom is -0.349 e. The number of aryl methyl sites for hydroxylation is 1. The lowest BCUT2D eigenvalue weighted by Gasteiger charge is -2.27. The number of hydrogen-bond donors (Lipinski definition) is 2. The summed E-state index contributed by atoms with van der Waals surface area (Å²) in [6.45, 7) is 3.80. The second kappa shape index (κ2) is 7.42. The number of nitrogens with one attached hydrogen (secondary N) is 2. The van der Waals surface area contributed by atoms with E-state index in [0.29, 0.717) is 5.92 Å². The van der Waals surface area contributed by atoms with Gasteiger partial charge in [0.15, 0.2) is 0 Å². The van der Waals surface area contributed by atoms with E-state index in [1.165, 1.54) is 0 Å². The molecular formula is C17H24ClFN2O. The highest BCUT2D eigenvalue weighted by Crippen LogP contribution is 2.28. The Labute approximate surface area is 137 Å². The quantitative estimate of drug-likeness (QED) is 0.894. The van der Waals surface area contributed by atoms with Crippen LogP contribution in [0.3, 0.4) is 0 Å². The van der Waals surface area contributed by atoms with Gasteiger partial charge in [-0.3, -0.25) is 4.79 Å². The first-order valence-corrected chi connectivity index (χ1v) is 7.97. The zero-order valence-electron chi connectivity index (χ0n) is 13.0. The summed E-state index contributed by atoms with van der Waals surface area (Å²) in [5.74, 6) is -0.227. The van der Waals surface area contributed by atoms with E-state index in [0.717, 1.165) is 56.3 Å². The molecule has 1 saturated heterocycles. The molecule has 3 rings (SSSR count). The summed E-state index contributed by atoms with van der Waals surface area (Å²) in [4.78, 5) is 12.2. The predicted molar refractivity (Wildman–Crippen MR) is 88.3 cm³/mol. The van der Waals surface area contributed by atoms with Crippen molar-refractivity contribution in [2.75, 3.05) is 13.1 Å². The van der Waals surface area contributed by atoms with Crippen molar-refractivity contribution < 1.29 is 9.18 Å². The molecule has 122 valence electrons. The first kappa shape index (κ1) is 17.2. The zero-order valence-corrected chi connectivity index (χ0v) is 13.8. The molecule has 3 nitrogen and oxygen atoms in total. The molecule has 2 aliphatic rings. The van der Waals surface area contributed by atoms with Crippen molar-refractivity contribution in [1.29, 1.82) is 0 Å². The normalized spacial score (nSPS) is 19.2. The Morgan fingerprint density at radius 2 is 1.91 bits per heavy atom. The summed E-state index contributed by atoms with van der Waals surface area (Å²) in [6.07, 6.45) is 5.25. The number of carbonyl (C=O) groups excluding carboxylic acids is 1. The fraction of sp³-hybridized carbons (Fsp3) is 0.588. The van der Waals surface area contributed by atoms with E-state index in [1.54, 1.807) is 6.07 Å². The van der Waals surface area contributed by atoms with Gasteiger partial charge in [0, 0.05) is 6.04 Å². The molecule has 2 N–H and O–H groups in total. The van der Waals surface area contributed by atoms with Crippen molar-refractivity contribution >= 4 is 18.3 Å². The van der Waals surface area contributed by atoms with Crippen LogP contribution in [-0.2, 0) is 0 Å². The molecule has 1 aliphatic carbocycles. The first-order valence-electron chi connectivity index (χ1n) is 7.97. The van der Waals surface area contributed by atoms with Crippen molar-refractivity contribution in [3.63, 3.8) is 0 Å². The van der Waals surface area contributed by atoms with Crippen LogP contribution in [-0.4, -0.2) is 25.0 Å². The van der Waals surface area contributed by atoms with Crippen molar-refractivity contribution in [2.24, 2.45) is 0 Å². The minimum absolute atomic E-state index is 0. The van der Waals surface area contributed by atoms with Crippen LogP contribution in [0.2, 0.25) is 0 Å². The van der Waals surface area contributed by atoms with E-state index in [-0.39, 0.29) is 35.7 Å². The van der Waals surface area contributed by atoms with E-state index in [2.05, 4.69) is 10.6 Å². The van der Waals surface area contributed by atoms with Gasteiger partial charge in [-0.2, -0.15) is 0 Å². The molecule has 0 bridgehead atoms. The summed E-state index contributed by atoms with van der Waals surface area (Å²) < 4.78 is 14.4. The molecule has 5 heteroatoms. The van der Waals surface area contributed by atoms with Crippen LogP contribution in [0, 0.1) is 12.7 Å². The molecule has 0 radical (unpaired) electrons. The highest BCUT2D eigenvalue weighted by atomic mass is 35.5. The fourth-order valence-electron chi connectivity index (χ4n) is 3.26. The van der Waals surface area contributed by atoms with Gasteiger partial charge in [-0.25, -0.2) is 4.39 Å². The molecule has 1 aromatic rings. The summed E-state index contributed by atoms with van der Waals surface area (Å²) in [7, 11) is 0. The maximum atomic E-state index is 14.4. The minimum atomic E-state index is -0.375. The smallest absolute Gasteiger partial charge is 0.254 e. The number of rotatable bonds is 3. The molecule has 1 aromatic carbocycles. The maximum absolute atomic E-state index is 14.4. The average Bonchev–Trinajstić information content (AvgIpc) is 2.43. The van der Waals surface area contributed by atoms with Crippen LogP contribution in [0.5, 0.6) is 0 Å². The molecule has 22 heavy (non-hydrogen) atoms. The summed E-state index contributed by atoms with van der Waals surface area (Å²) in [6, 6.07) is 3.80. The zero-order chi connectivity index (χ0) is 14.8. The van der Waals surface area contributed by atoms with Crippen LogP contribution in [0.15, 0.2) is 12.1 Å². The summed E-state index contributed by atoms with van der Waals surface area (Å²) >= 11 is 0. The molecule has 0 atom stereocenters. The monoisotopic (exact) mass is 326 g/mol. The van der Waals surface area contributed by atoms with Crippen LogP contribution in [0.25, 0.3) is 0 Å². The highest BCUT2D eigenvalue weighted by molar-refractivity contribution is 5.96. The van der Waals surface area contributed by atoms with E-state index >= 15 is 0 Å². The second-order valence-corrected chi connectivity index (χ2v) is 6.32. The maximum Gasteiger partial charge on any atom is 0.254 e. The molecule has 1 aliphatic heterocycles. The summed E-state index contributed by atoms with van der Waals surface area (Å²) in [5.41, 5.74) is 2.01. The largest absolute Gasteiger partial charge is 0.349 e. The average molecular weight is 327 g/mol. The molecule has 0 aromatic heterocycles. The van der Waals surface area contributed by atoms with Gasteiger partial charge in [-0.15, -0.1) is 12.4 Å².